The molecule has 1 aliphatic rings. The summed E-state index contributed by atoms with van der Waals surface area (Å²) in [4.78, 5) is 15.9. The number of aromatic nitrogens is 3. The van der Waals surface area contributed by atoms with Gasteiger partial charge in [-0.25, -0.2) is 4.98 Å². The summed E-state index contributed by atoms with van der Waals surface area (Å²) in [5.41, 5.74) is 4.41. The molecule has 0 aliphatic carbocycles. The minimum atomic E-state index is 0.893. The highest BCUT2D eigenvalue weighted by atomic mass is 14.9. The molecule has 0 amide bonds. The minimum absolute atomic E-state index is 0.893. The van der Waals surface area contributed by atoms with Gasteiger partial charge in [-0.1, -0.05) is 0 Å². The lowest BCUT2D eigenvalue weighted by atomic mass is 9.96. The van der Waals surface area contributed by atoms with Crippen LogP contribution in [-0.4, -0.2) is 27.2 Å². The van der Waals surface area contributed by atoms with Crippen molar-refractivity contribution in [3.63, 3.8) is 0 Å². The molecule has 0 fully saturated rings. The molecule has 0 saturated carbocycles. The van der Waals surface area contributed by atoms with Crippen molar-refractivity contribution in [3.8, 4) is 0 Å². The van der Waals surface area contributed by atoms with Crippen molar-refractivity contribution >= 4 is 11.8 Å². The fourth-order valence-corrected chi connectivity index (χ4v) is 2.13. The van der Waals surface area contributed by atoms with Gasteiger partial charge in [0.1, 0.15) is 0 Å². The van der Waals surface area contributed by atoms with Crippen LogP contribution in [0.3, 0.4) is 0 Å². The van der Waals surface area contributed by atoms with Crippen LogP contribution in [0.5, 0.6) is 0 Å². The Labute approximate surface area is 106 Å². The molecule has 1 N–H and O–H groups in total. The van der Waals surface area contributed by atoms with Gasteiger partial charge >= 0.3 is 0 Å². The van der Waals surface area contributed by atoms with E-state index in [9.17, 15) is 0 Å². The second kappa shape index (κ2) is 4.96. The van der Waals surface area contributed by atoms with Crippen LogP contribution in [0.4, 0.5) is 0 Å². The Morgan fingerprint density at radius 3 is 3.00 bits per heavy atom. The molecule has 3 rings (SSSR count). The van der Waals surface area contributed by atoms with E-state index in [1.165, 1.54) is 5.57 Å². The van der Waals surface area contributed by atoms with Crippen LogP contribution in [-0.2, 0) is 0 Å². The van der Waals surface area contributed by atoms with E-state index in [1.807, 2.05) is 18.5 Å². The van der Waals surface area contributed by atoms with Crippen LogP contribution < -0.4 is 0 Å². The van der Waals surface area contributed by atoms with Crippen molar-refractivity contribution in [3.05, 3.63) is 53.9 Å². The Bertz CT molecular complexity index is 567. The van der Waals surface area contributed by atoms with Crippen LogP contribution in [0.15, 0.2) is 47.6 Å². The van der Waals surface area contributed by atoms with E-state index >= 15 is 0 Å². The van der Waals surface area contributed by atoms with Crippen molar-refractivity contribution in [2.75, 3.05) is 6.54 Å². The van der Waals surface area contributed by atoms with E-state index in [-0.39, 0.29) is 0 Å². The first-order valence-corrected chi connectivity index (χ1v) is 6.07. The zero-order chi connectivity index (χ0) is 12.2. The summed E-state index contributed by atoms with van der Waals surface area (Å²) < 4.78 is 0. The van der Waals surface area contributed by atoms with Gasteiger partial charge in [-0.05, 0) is 36.6 Å². The van der Waals surface area contributed by atoms with Crippen molar-refractivity contribution < 1.29 is 0 Å². The highest BCUT2D eigenvalue weighted by molar-refractivity contribution is 6.15. The van der Waals surface area contributed by atoms with Crippen molar-refractivity contribution in [2.45, 2.75) is 12.8 Å². The summed E-state index contributed by atoms with van der Waals surface area (Å²) in [5, 5.41) is 0. The maximum atomic E-state index is 4.64. The molecule has 0 atom stereocenters. The third-order valence-electron chi connectivity index (χ3n) is 2.96. The SMILES string of the molecule is C(=C1CCCN=C1c1cccnc1)c1cnc[nH]1. The Morgan fingerprint density at radius 2 is 2.22 bits per heavy atom. The molecule has 0 spiro atoms. The number of allylic oxidation sites excluding steroid dienone is 1. The molecule has 0 saturated heterocycles. The molecule has 0 aromatic carbocycles. The molecule has 90 valence electrons. The van der Waals surface area contributed by atoms with E-state index in [4.69, 9.17) is 0 Å². The van der Waals surface area contributed by atoms with Gasteiger partial charge < -0.3 is 4.98 Å². The Balaban J connectivity index is 1.99. The third kappa shape index (κ3) is 2.22. The van der Waals surface area contributed by atoms with Crippen LogP contribution in [0.2, 0.25) is 0 Å². The Kier molecular flexibility index (Phi) is 3.00. The molecular weight excluding hydrogens is 224 g/mol. The standard InChI is InChI=1S/C14H14N4/c1-4-12(8-15-5-1)14-11(3-2-6-17-14)7-13-9-16-10-18-13/h1,4-5,7-10H,2-3,6H2,(H,16,18). The second-order valence-electron chi connectivity index (χ2n) is 4.25. The number of rotatable bonds is 2. The van der Waals surface area contributed by atoms with E-state index in [2.05, 4.69) is 32.1 Å². The Morgan fingerprint density at radius 1 is 1.22 bits per heavy atom. The van der Waals surface area contributed by atoms with Gasteiger partial charge in [-0.15, -0.1) is 0 Å². The summed E-state index contributed by atoms with van der Waals surface area (Å²) >= 11 is 0. The fraction of sp³-hybridized carbons (Fsp3) is 0.214. The Hall–Kier alpha value is -2.23. The predicted molar refractivity (Wildman–Crippen MR) is 71.4 cm³/mol. The molecule has 4 heteroatoms. The molecule has 18 heavy (non-hydrogen) atoms. The number of pyridine rings is 1. The second-order valence-corrected chi connectivity index (χ2v) is 4.25. The zero-order valence-corrected chi connectivity index (χ0v) is 10.0. The number of hydrogen-bond donors (Lipinski definition) is 1. The number of hydrogen-bond acceptors (Lipinski definition) is 3. The number of aliphatic imine (C=N–C) groups is 1. The summed E-state index contributed by atoms with van der Waals surface area (Å²) in [6, 6.07) is 4.00. The zero-order valence-electron chi connectivity index (χ0n) is 10.0. The summed E-state index contributed by atoms with van der Waals surface area (Å²) in [6.45, 7) is 0.893. The van der Waals surface area contributed by atoms with Gasteiger partial charge in [-0.3, -0.25) is 9.98 Å². The topological polar surface area (TPSA) is 53.9 Å². The van der Waals surface area contributed by atoms with E-state index in [0.717, 1.165) is 36.4 Å². The van der Waals surface area contributed by atoms with Crippen LogP contribution in [0.25, 0.3) is 6.08 Å². The number of H-pyrrole nitrogens is 1. The largest absolute Gasteiger partial charge is 0.345 e. The maximum absolute atomic E-state index is 4.64. The molecule has 3 heterocycles. The van der Waals surface area contributed by atoms with Crippen LogP contribution in [0.1, 0.15) is 24.1 Å². The lowest BCUT2D eigenvalue weighted by Crippen LogP contribution is -2.11. The van der Waals surface area contributed by atoms with E-state index in [1.54, 1.807) is 12.5 Å². The lowest BCUT2D eigenvalue weighted by molar-refractivity contribution is 0.818. The molecule has 0 unspecified atom stereocenters. The predicted octanol–water partition coefficient (Wildman–Crippen LogP) is 2.47. The van der Waals surface area contributed by atoms with Crippen molar-refractivity contribution in [1.82, 2.24) is 15.0 Å². The highest BCUT2D eigenvalue weighted by Gasteiger charge is 2.14. The average Bonchev–Trinajstić information content (AvgIpc) is 2.93. The summed E-state index contributed by atoms with van der Waals surface area (Å²) in [7, 11) is 0. The van der Waals surface area contributed by atoms with Gasteiger partial charge in [0, 0.05) is 24.5 Å². The van der Waals surface area contributed by atoms with Crippen molar-refractivity contribution in [2.24, 2.45) is 4.99 Å². The number of nitrogens with one attached hydrogen (secondary N) is 1. The van der Waals surface area contributed by atoms with Crippen LogP contribution >= 0.6 is 0 Å². The number of nitrogens with zero attached hydrogens (tertiary/aromatic N) is 3. The first-order chi connectivity index (χ1) is 8.93. The average molecular weight is 238 g/mol. The quantitative estimate of drug-likeness (QED) is 0.873. The number of imidazole rings is 1. The molecule has 0 radical (unpaired) electrons. The molecule has 0 bridgehead atoms. The van der Waals surface area contributed by atoms with E-state index < -0.39 is 0 Å². The first-order valence-electron chi connectivity index (χ1n) is 6.07. The fourth-order valence-electron chi connectivity index (χ4n) is 2.13. The molecule has 1 aliphatic heterocycles. The molecular formula is C14H14N4. The highest BCUT2D eigenvalue weighted by Crippen LogP contribution is 2.20. The van der Waals surface area contributed by atoms with E-state index in [0.29, 0.717) is 0 Å². The third-order valence-corrected chi connectivity index (χ3v) is 2.96. The van der Waals surface area contributed by atoms with Gasteiger partial charge in [0.25, 0.3) is 0 Å². The molecule has 2 aromatic heterocycles. The normalized spacial score (nSPS) is 17.8. The monoisotopic (exact) mass is 238 g/mol. The summed E-state index contributed by atoms with van der Waals surface area (Å²) in [6.07, 6.45) is 11.4. The first kappa shape index (κ1) is 10.9. The minimum Gasteiger partial charge on any atom is -0.345 e. The smallest absolute Gasteiger partial charge is 0.0924 e. The molecule has 2 aromatic rings. The van der Waals surface area contributed by atoms with Crippen molar-refractivity contribution in [1.29, 1.82) is 0 Å². The van der Waals surface area contributed by atoms with Gasteiger partial charge in [0.15, 0.2) is 0 Å². The van der Waals surface area contributed by atoms with Gasteiger partial charge in [-0.2, -0.15) is 0 Å². The number of aromatic amines is 1. The van der Waals surface area contributed by atoms with Crippen LogP contribution in [0, 0.1) is 0 Å². The van der Waals surface area contributed by atoms with Gasteiger partial charge in [0.05, 0.1) is 23.9 Å². The summed E-state index contributed by atoms with van der Waals surface area (Å²) in [5.74, 6) is 0. The maximum Gasteiger partial charge on any atom is 0.0924 e. The molecule has 4 nitrogen and oxygen atoms in total. The lowest BCUT2D eigenvalue weighted by Gasteiger charge is -2.15. The van der Waals surface area contributed by atoms with Gasteiger partial charge in [0.2, 0.25) is 0 Å².